The summed E-state index contributed by atoms with van der Waals surface area (Å²) < 4.78 is 10.2. The Morgan fingerprint density at radius 3 is 0.337 bits per heavy atom. The molecular formula is C62H126O30. The summed E-state index contributed by atoms with van der Waals surface area (Å²) in [5.74, 6) is 0. The molecule has 0 aromatic carbocycles. The number of rotatable bonds is 74. The molecule has 0 heterocycles. The van der Waals surface area contributed by atoms with Crippen molar-refractivity contribution < 1.29 is 146 Å². The molecule has 554 valence electrons. The van der Waals surface area contributed by atoms with Crippen LogP contribution in [-0.4, -0.2) is 205 Å². The van der Waals surface area contributed by atoms with Crippen LogP contribution in [0.15, 0.2) is 0 Å². The van der Waals surface area contributed by atoms with Gasteiger partial charge in [0.1, 0.15) is 0 Å². The van der Waals surface area contributed by atoms with Gasteiger partial charge in [-0.3, -0.25) is 0 Å². The third-order valence-corrected chi connectivity index (χ3v) is 12.9. The third-order valence-electron chi connectivity index (χ3n) is 12.9. The molecule has 15 atom stereocenters. The van der Waals surface area contributed by atoms with E-state index in [1.807, 2.05) is 104 Å². The second kappa shape index (κ2) is 65.7. The summed E-state index contributed by atoms with van der Waals surface area (Å²) >= 11 is 0. The highest BCUT2D eigenvalue weighted by atomic mass is 17.3. The molecule has 30 heteroatoms. The van der Waals surface area contributed by atoms with Crippen molar-refractivity contribution in [2.75, 3.05) is 113 Å². The fourth-order valence-corrected chi connectivity index (χ4v) is 6.37. The lowest BCUT2D eigenvalue weighted by molar-refractivity contribution is -0.363. The van der Waals surface area contributed by atoms with Gasteiger partial charge in [-0.1, -0.05) is 0 Å². The van der Waals surface area contributed by atoms with Gasteiger partial charge in [0.2, 0.25) is 0 Å². The highest BCUT2D eigenvalue weighted by Crippen LogP contribution is 2.13. The van der Waals surface area contributed by atoms with Gasteiger partial charge in [0.15, 0.2) is 0 Å². The Hall–Kier alpha value is -1.20. The van der Waals surface area contributed by atoms with Crippen molar-refractivity contribution in [3.63, 3.8) is 0 Å². The maximum absolute atomic E-state index is 5.44. The van der Waals surface area contributed by atoms with Gasteiger partial charge < -0.3 is 9.47 Å². The average molecular weight is 1350 g/mol. The quantitative estimate of drug-likeness (QED) is 0.0311. The molecule has 0 saturated carbocycles. The molecule has 0 saturated heterocycles. The minimum absolute atomic E-state index is 0.0404. The van der Waals surface area contributed by atoms with Crippen LogP contribution in [0.1, 0.15) is 200 Å². The van der Waals surface area contributed by atoms with Gasteiger partial charge in [-0.2, -0.15) is 0 Å². The lowest BCUT2D eigenvalue weighted by Gasteiger charge is -2.17. The first kappa shape index (κ1) is 90.8. The van der Waals surface area contributed by atoms with E-state index in [4.69, 9.17) is 146 Å². The topological polar surface area (TPSA) is 277 Å². The van der Waals surface area contributed by atoms with Crippen molar-refractivity contribution in [2.24, 2.45) is 0 Å². The van der Waals surface area contributed by atoms with Gasteiger partial charge in [0.25, 0.3) is 0 Å². The fraction of sp³-hybridized carbons (Fsp3) is 1.00. The molecule has 15 unspecified atom stereocenters. The Bertz CT molecular complexity index is 1490. The van der Waals surface area contributed by atoms with Gasteiger partial charge in [-0.25, -0.2) is 137 Å². The van der Waals surface area contributed by atoms with Crippen LogP contribution in [0.5, 0.6) is 0 Å². The zero-order valence-electron chi connectivity index (χ0n) is 59.1. The zero-order valence-corrected chi connectivity index (χ0v) is 59.1. The predicted molar refractivity (Wildman–Crippen MR) is 329 cm³/mol. The van der Waals surface area contributed by atoms with Crippen LogP contribution in [0, 0.1) is 0 Å². The third kappa shape index (κ3) is 64.8. The molecule has 0 rings (SSSR count). The minimum atomic E-state index is -0.220. The van der Waals surface area contributed by atoms with Gasteiger partial charge in [0.05, 0.1) is 184 Å². The molecule has 0 bridgehead atoms. The predicted octanol–water partition coefficient (Wildman–Crippen LogP) is 11.2. The monoisotopic (exact) mass is 1350 g/mol. The van der Waals surface area contributed by atoms with Crippen LogP contribution < -0.4 is 0 Å². The Morgan fingerprint density at radius 2 is 0.239 bits per heavy atom. The van der Waals surface area contributed by atoms with Gasteiger partial charge in [-0.05, 0) is 117 Å². The van der Waals surface area contributed by atoms with E-state index >= 15 is 0 Å². The van der Waals surface area contributed by atoms with E-state index in [9.17, 15) is 0 Å². The zero-order chi connectivity index (χ0) is 68.1. The Morgan fingerprint density at radius 1 is 0.141 bits per heavy atom. The number of ether oxygens (including phenoxy) is 2. The van der Waals surface area contributed by atoms with Crippen molar-refractivity contribution in [3.8, 4) is 0 Å². The number of hydrogen-bond donors (Lipinski definition) is 0. The van der Waals surface area contributed by atoms with Crippen LogP contribution in [0.4, 0.5) is 0 Å². The molecule has 0 aromatic rings. The molecule has 0 amide bonds. The van der Waals surface area contributed by atoms with E-state index in [-0.39, 0.29) is 91.6 Å². The van der Waals surface area contributed by atoms with Crippen LogP contribution in [0.2, 0.25) is 0 Å². The smallest absolute Gasteiger partial charge is 0.0925 e. The maximum atomic E-state index is 5.44. The molecule has 0 aromatic heterocycles. The Balaban J connectivity index is 3.67. The maximum Gasteiger partial charge on any atom is 0.0925 e. The second-order valence-electron chi connectivity index (χ2n) is 23.1. The second-order valence-corrected chi connectivity index (χ2v) is 23.1. The largest absolute Gasteiger partial charge is 0.385 e. The lowest BCUT2D eigenvalue weighted by atomic mass is 10.3. The van der Waals surface area contributed by atoms with Crippen molar-refractivity contribution in [1.82, 2.24) is 0 Å². The SMILES string of the molecule is COCCC(C)OOCCC(C)OOCCC(C)OOCCC(C)OOCCC(C)OOCCC(C)OOCCC(C)OOCCC(C)OOCCC(C)OOCCC(C)OOCCC(C)OOCCC(C)OOCCC(C)OOCCC(C)OOCCC(C)OC. The van der Waals surface area contributed by atoms with E-state index in [1.54, 1.807) is 14.2 Å². The summed E-state index contributed by atoms with van der Waals surface area (Å²) in [6.07, 6.45) is 6.51. The lowest BCUT2D eigenvalue weighted by Crippen LogP contribution is -2.19. The standard InChI is InChI=1S/C62H126O30/c1-48(64-17)19-34-65-80-50(3)21-36-67-82-52(5)23-38-69-84-54(7)25-40-71-86-56(9)27-42-73-88-58(11)29-44-75-90-60(13)31-46-77-92-62(15)32-47-78-91-61(14)30-45-76-89-59(12)28-43-74-87-57(10)26-41-72-85-55(8)24-39-70-83-53(6)22-37-68-81-51(4)20-35-66-79-49(2)18-33-63-16/h48-62H,18-47H2,1-17H3. The number of hydrogen-bond acceptors (Lipinski definition) is 30. The van der Waals surface area contributed by atoms with Crippen LogP contribution in [-0.2, 0) is 146 Å². The number of methoxy groups -OCH3 is 2. The molecule has 0 fully saturated rings. The molecule has 0 spiro atoms. The highest BCUT2D eigenvalue weighted by Gasteiger charge is 2.16. The highest BCUT2D eigenvalue weighted by molar-refractivity contribution is 4.55. The summed E-state index contributed by atoms with van der Waals surface area (Å²) in [6.45, 7) is 33.9. The minimum Gasteiger partial charge on any atom is -0.385 e. The molecule has 0 aliphatic rings. The first-order valence-corrected chi connectivity index (χ1v) is 33.3. The summed E-state index contributed by atoms with van der Waals surface area (Å²) in [7, 11) is 3.32. The summed E-state index contributed by atoms with van der Waals surface area (Å²) in [5, 5.41) is 0. The van der Waals surface area contributed by atoms with E-state index in [2.05, 4.69) is 0 Å². The molecular weight excluding hydrogens is 1220 g/mol. The molecule has 30 nitrogen and oxygen atoms in total. The van der Waals surface area contributed by atoms with Crippen molar-refractivity contribution >= 4 is 0 Å². The summed E-state index contributed by atoms with van der Waals surface area (Å²) in [6, 6.07) is 0. The average Bonchev–Trinajstić information content (AvgIpc) is 3.67. The first-order chi connectivity index (χ1) is 44.3. The van der Waals surface area contributed by atoms with E-state index < -0.39 is 0 Å². The molecule has 0 radical (unpaired) electrons. The first-order valence-electron chi connectivity index (χ1n) is 33.3. The fourth-order valence-electron chi connectivity index (χ4n) is 6.37. The van der Waals surface area contributed by atoms with E-state index in [0.717, 1.165) is 12.8 Å². The Kier molecular flexibility index (Phi) is 64.9. The van der Waals surface area contributed by atoms with Gasteiger partial charge in [0, 0.05) is 104 Å². The summed E-state index contributed by atoms with van der Waals surface area (Å²) in [4.78, 5) is 150. The van der Waals surface area contributed by atoms with Crippen molar-refractivity contribution in [3.05, 3.63) is 0 Å². The molecule has 0 aliphatic heterocycles. The van der Waals surface area contributed by atoms with Crippen LogP contribution in [0.25, 0.3) is 0 Å². The van der Waals surface area contributed by atoms with E-state index in [1.165, 1.54) is 0 Å². The van der Waals surface area contributed by atoms with E-state index in [0.29, 0.717) is 183 Å². The van der Waals surface area contributed by atoms with Crippen LogP contribution >= 0.6 is 0 Å². The van der Waals surface area contributed by atoms with Gasteiger partial charge in [-0.15, -0.1) is 0 Å². The molecule has 0 aliphatic carbocycles. The normalized spacial score (nSPS) is 17.2. The van der Waals surface area contributed by atoms with Gasteiger partial charge >= 0.3 is 0 Å². The molecule has 92 heavy (non-hydrogen) atoms. The molecule has 0 N–H and O–H groups in total. The summed E-state index contributed by atoms with van der Waals surface area (Å²) in [5.41, 5.74) is 0. The van der Waals surface area contributed by atoms with Crippen molar-refractivity contribution in [2.45, 2.75) is 292 Å². The van der Waals surface area contributed by atoms with Crippen LogP contribution in [0.3, 0.4) is 0 Å². The Labute approximate surface area is 549 Å². The van der Waals surface area contributed by atoms with Crippen molar-refractivity contribution in [1.29, 1.82) is 0 Å².